The van der Waals surface area contributed by atoms with E-state index in [2.05, 4.69) is 0 Å². The molecule has 7 heteroatoms. The fraction of sp³-hybridized carbons (Fsp3) is 0.294. The summed E-state index contributed by atoms with van der Waals surface area (Å²) >= 11 is 6.42. The lowest BCUT2D eigenvalue weighted by molar-refractivity contribution is 0.0711. The van der Waals surface area contributed by atoms with Gasteiger partial charge in [0.1, 0.15) is 0 Å². The van der Waals surface area contributed by atoms with Crippen molar-refractivity contribution in [3.63, 3.8) is 0 Å². The largest absolute Gasteiger partial charge is 0.486 e. The molecule has 0 aliphatic carbocycles. The minimum Gasteiger partial charge on any atom is -0.486 e. The maximum absolute atomic E-state index is 13.4. The van der Waals surface area contributed by atoms with Crippen molar-refractivity contribution in [3.05, 3.63) is 94.0 Å². The fourth-order valence-corrected chi connectivity index (χ4v) is 4.45. The molecular weight excluding hydrogens is 540 g/mol. The van der Waals surface area contributed by atoms with Gasteiger partial charge >= 0.3 is 11.9 Å². The average Bonchev–Trinajstić information content (AvgIpc) is 3.00. The van der Waals surface area contributed by atoms with E-state index in [-0.39, 0.29) is 23.0 Å². The second-order valence-corrected chi connectivity index (χ2v) is 10.0. The Morgan fingerprint density at radius 3 is 1.44 bits per heavy atom. The van der Waals surface area contributed by atoms with Crippen LogP contribution in [0.1, 0.15) is 72.4 Å². The third-order valence-electron chi connectivity index (χ3n) is 6.58. The van der Waals surface area contributed by atoms with Crippen LogP contribution < -0.4 is 18.9 Å². The van der Waals surface area contributed by atoms with Crippen molar-refractivity contribution in [1.82, 2.24) is 0 Å². The Bertz CT molecular complexity index is 1510. The number of carbonyl (C=O) groups is 2. The highest BCUT2D eigenvalue weighted by Crippen LogP contribution is 2.52. The van der Waals surface area contributed by atoms with Crippen molar-refractivity contribution >= 4 is 34.3 Å². The van der Waals surface area contributed by atoms with Crippen molar-refractivity contribution in [2.45, 2.75) is 53.4 Å². The van der Waals surface area contributed by atoms with Crippen molar-refractivity contribution in [3.8, 4) is 23.0 Å². The molecule has 0 heterocycles. The van der Waals surface area contributed by atoms with Crippen LogP contribution in [-0.4, -0.2) is 25.2 Å². The first kappa shape index (κ1) is 29.9. The fourth-order valence-electron chi connectivity index (χ4n) is 4.28. The van der Waals surface area contributed by atoms with Gasteiger partial charge in [0.2, 0.25) is 11.5 Å². The monoisotopic (exact) mass is 574 g/mol. The van der Waals surface area contributed by atoms with E-state index in [1.807, 2.05) is 52.0 Å². The number of benzene rings is 4. The van der Waals surface area contributed by atoms with Crippen molar-refractivity contribution in [2.24, 2.45) is 0 Å². The third kappa shape index (κ3) is 7.01. The van der Waals surface area contributed by atoms with Gasteiger partial charge in [0.15, 0.2) is 11.5 Å². The summed E-state index contributed by atoms with van der Waals surface area (Å²) in [6.45, 7) is 8.67. The van der Waals surface area contributed by atoms with Crippen molar-refractivity contribution in [1.29, 1.82) is 0 Å². The summed E-state index contributed by atoms with van der Waals surface area (Å²) in [5.74, 6) is -0.410. The molecule has 0 aliphatic heterocycles. The molecule has 0 aliphatic rings. The molecule has 0 fully saturated rings. The third-order valence-corrected chi connectivity index (χ3v) is 6.81. The predicted molar refractivity (Wildman–Crippen MR) is 162 cm³/mol. The number of rotatable bonds is 12. The SMILES string of the molecule is CCCOc1c(OCCC)c(OC(=O)c2ccc(CC)cc2)c2cc(Cl)ccc2c1OC(=O)c1ccc(CC)cc1. The topological polar surface area (TPSA) is 71.1 Å². The molecule has 4 rings (SSSR count). The first-order valence-corrected chi connectivity index (χ1v) is 14.4. The number of hydrogen-bond acceptors (Lipinski definition) is 6. The van der Waals surface area contributed by atoms with Crippen LogP contribution in [-0.2, 0) is 12.8 Å². The minimum absolute atomic E-state index is 0.152. The van der Waals surface area contributed by atoms with Gasteiger partial charge in [0.05, 0.1) is 24.3 Å². The van der Waals surface area contributed by atoms with Crippen LogP contribution >= 0.6 is 11.6 Å². The molecule has 4 aromatic carbocycles. The van der Waals surface area contributed by atoms with Gasteiger partial charge in [-0.25, -0.2) is 9.59 Å². The maximum atomic E-state index is 13.4. The predicted octanol–water partition coefficient (Wildman–Crippen LogP) is 8.63. The lowest BCUT2D eigenvalue weighted by atomic mass is 10.1. The normalized spacial score (nSPS) is 10.9. The lowest BCUT2D eigenvalue weighted by Crippen LogP contribution is -2.14. The van der Waals surface area contributed by atoms with E-state index in [0.29, 0.717) is 53.0 Å². The van der Waals surface area contributed by atoms with Gasteiger partial charge in [0, 0.05) is 15.8 Å². The zero-order valence-electron chi connectivity index (χ0n) is 23.9. The molecular formula is C34H35ClO6. The summed E-state index contributed by atoms with van der Waals surface area (Å²) in [5, 5.41) is 1.36. The summed E-state index contributed by atoms with van der Waals surface area (Å²) < 4.78 is 24.4. The average molecular weight is 575 g/mol. The summed E-state index contributed by atoms with van der Waals surface area (Å²) in [6, 6.07) is 19.6. The Morgan fingerprint density at radius 1 is 0.585 bits per heavy atom. The molecule has 0 saturated heterocycles. The molecule has 0 unspecified atom stereocenters. The standard InChI is InChI=1S/C34H35ClO6/c1-5-19-38-31-29(40-33(36)24-13-9-22(7-3)10-14-24)27-18-17-26(35)21-28(27)30(32(31)39-20-6-2)41-34(37)25-15-11-23(8-4)12-16-25/h9-18,21H,5-8,19-20H2,1-4H3. The quantitative estimate of drug-likeness (QED) is 0.125. The zero-order valence-corrected chi connectivity index (χ0v) is 24.7. The molecule has 0 N–H and O–H groups in total. The highest BCUT2D eigenvalue weighted by molar-refractivity contribution is 6.31. The summed E-state index contributed by atoms with van der Waals surface area (Å²) in [5.41, 5.74) is 3.00. The van der Waals surface area contributed by atoms with Gasteiger partial charge in [0.25, 0.3) is 0 Å². The number of esters is 2. The highest BCUT2D eigenvalue weighted by atomic mass is 35.5. The first-order valence-electron chi connectivity index (χ1n) is 14.1. The molecule has 0 amide bonds. The van der Waals surface area contributed by atoms with Crippen LogP contribution in [0, 0.1) is 0 Å². The molecule has 6 nitrogen and oxygen atoms in total. The van der Waals surface area contributed by atoms with Crippen LogP contribution in [0.4, 0.5) is 0 Å². The van der Waals surface area contributed by atoms with Crippen LogP contribution in [0.2, 0.25) is 5.02 Å². The van der Waals surface area contributed by atoms with E-state index in [4.69, 9.17) is 30.5 Å². The van der Waals surface area contributed by atoms with E-state index in [1.165, 1.54) is 0 Å². The smallest absolute Gasteiger partial charge is 0.343 e. The Morgan fingerprint density at radius 2 is 1.02 bits per heavy atom. The Labute approximate surface area is 246 Å². The highest BCUT2D eigenvalue weighted by Gasteiger charge is 2.29. The van der Waals surface area contributed by atoms with Gasteiger partial charge in [-0.3, -0.25) is 0 Å². The van der Waals surface area contributed by atoms with E-state index in [1.54, 1.807) is 42.5 Å². The van der Waals surface area contributed by atoms with E-state index in [0.717, 1.165) is 24.0 Å². The number of halogens is 1. The van der Waals surface area contributed by atoms with E-state index in [9.17, 15) is 9.59 Å². The lowest BCUT2D eigenvalue weighted by Gasteiger charge is -2.22. The second kappa shape index (κ2) is 14.0. The van der Waals surface area contributed by atoms with Gasteiger partial charge in [-0.1, -0.05) is 63.6 Å². The molecule has 0 radical (unpaired) electrons. The molecule has 0 aromatic heterocycles. The number of hydrogen-bond donors (Lipinski definition) is 0. The maximum Gasteiger partial charge on any atom is 0.343 e. The van der Waals surface area contributed by atoms with Crippen molar-refractivity contribution < 1.29 is 28.5 Å². The van der Waals surface area contributed by atoms with Crippen LogP contribution in [0.3, 0.4) is 0 Å². The molecule has 0 atom stereocenters. The number of aryl methyl sites for hydroxylation is 2. The van der Waals surface area contributed by atoms with Crippen molar-refractivity contribution in [2.75, 3.05) is 13.2 Å². The molecule has 0 bridgehead atoms. The van der Waals surface area contributed by atoms with E-state index < -0.39 is 11.9 Å². The van der Waals surface area contributed by atoms with Gasteiger partial charge in [-0.05, 0) is 79.3 Å². The Kier molecular flexibility index (Phi) is 10.3. The zero-order chi connectivity index (χ0) is 29.4. The Hall–Kier alpha value is -4.03. The summed E-state index contributed by atoms with van der Waals surface area (Å²) in [6.07, 6.45) is 3.09. The Balaban J connectivity index is 1.88. The van der Waals surface area contributed by atoms with E-state index >= 15 is 0 Å². The number of ether oxygens (including phenoxy) is 4. The number of fused-ring (bicyclic) bond motifs is 1. The molecule has 0 saturated carbocycles. The summed E-state index contributed by atoms with van der Waals surface area (Å²) in [4.78, 5) is 26.7. The van der Waals surface area contributed by atoms with Crippen LogP contribution in [0.5, 0.6) is 23.0 Å². The second-order valence-electron chi connectivity index (χ2n) is 9.58. The number of carbonyl (C=O) groups excluding carboxylic acids is 2. The molecule has 41 heavy (non-hydrogen) atoms. The molecule has 214 valence electrons. The summed E-state index contributed by atoms with van der Waals surface area (Å²) in [7, 11) is 0. The molecule has 0 spiro atoms. The van der Waals surface area contributed by atoms with Gasteiger partial charge < -0.3 is 18.9 Å². The molecule has 4 aromatic rings. The van der Waals surface area contributed by atoms with Gasteiger partial charge in [-0.2, -0.15) is 0 Å². The van der Waals surface area contributed by atoms with Crippen LogP contribution in [0.25, 0.3) is 10.8 Å². The van der Waals surface area contributed by atoms with Gasteiger partial charge in [-0.15, -0.1) is 0 Å². The first-order chi connectivity index (χ1) is 19.9. The van der Waals surface area contributed by atoms with Crippen LogP contribution in [0.15, 0.2) is 66.7 Å². The minimum atomic E-state index is -0.558.